The molecule has 0 fully saturated rings. The molecule has 3 aromatic heterocycles. The van der Waals surface area contributed by atoms with Crippen molar-refractivity contribution >= 4 is 44.0 Å². The van der Waals surface area contributed by atoms with Gasteiger partial charge in [0.25, 0.3) is 5.91 Å². The summed E-state index contributed by atoms with van der Waals surface area (Å²) in [7, 11) is 0. The Kier molecular flexibility index (Phi) is 5.49. The average Bonchev–Trinajstić information content (AvgIpc) is 3.50. The van der Waals surface area contributed by atoms with Gasteiger partial charge in [-0.2, -0.15) is 23.5 Å². The Hall–Kier alpha value is -2.78. The number of thiophene rings is 1. The minimum absolute atomic E-state index is 0.0427. The quantitative estimate of drug-likeness (QED) is 0.427. The molecule has 1 aliphatic carbocycles. The molecule has 0 unspecified atom stereocenters. The van der Waals surface area contributed by atoms with Crippen LogP contribution in [0.2, 0.25) is 0 Å². The Labute approximate surface area is 198 Å². The van der Waals surface area contributed by atoms with Crippen molar-refractivity contribution < 1.29 is 22.4 Å². The number of hydrogen-bond acceptors (Lipinski definition) is 6. The first-order chi connectivity index (χ1) is 15.8. The summed E-state index contributed by atoms with van der Waals surface area (Å²) >= 11 is 4.60. The van der Waals surface area contributed by atoms with Crippen LogP contribution >= 0.6 is 27.3 Å². The molecular formula is C21H17BrF3N5O2S. The summed E-state index contributed by atoms with van der Waals surface area (Å²) in [5.41, 5.74) is 1.18. The van der Waals surface area contributed by atoms with Gasteiger partial charge < -0.3 is 15.1 Å². The number of nitrogens with zero attached hydrogens (tertiary/aromatic N) is 3. The standard InChI is InChI=1S/C21H17BrF3N5O2S/c22-16-17(19(31)28-20-11(9-26)10-4-1-2-6-14(10)33-20)29-30-15(21(23,24)25)8-12(27-18(16)30)13-5-3-7-32-13/h3,5,7,12,15,27H,1-2,4,6,8H2,(H,28,31)/t12-,15+/m0/s1. The number of nitriles is 1. The van der Waals surface area contributed by atoms with Gasteiger partial charge in [0.05, 0.1) is 22.3 Å². The highest BCUT2D eigenvalue weighted by atomic mass is 79.9. The van der Waals surface area contributed by atoms with E-state index in [0.717, 1.165) is 40.8 Å². The maximum Gasteiger partial charge on any atom is 0.410 e. The van der Waals surface area contributed by atoms with Crippen LogP contribution in [-0.2, 0) is 12.8 Å². The molecule has 5 rings (SSSR count). The van der Waals surface area contributed by atoms with E-state index in [9.17, 15) is 23.2 Å². The number of alkyl halides is 3. The van der Waals surface area contributed by atoms with E-state index in [-0.39, 0.29) is 22.4 Å². The number of anilines is 2. The molecule has 33 heavy (non-hydrogen) atoms. The van der Waals surface area contributed by atoms with Gasteiger partial charge in [-0.05, 0) is 59.3 Å². The lowest BCUT2D eigenvalue weighted by molar-refractivity contribution is -0.174. The second kappa shape index (κ2) is 8.22. The minimum atomic E-state index is -4.58. The molecule has 7 nitrogen and oxygen atoms in total. The molecule has 0 saturated carbocycles. The van der Waals surface area contributed by atoms with E-state index in [4.69, 9.17) is 4.42 Å². The van der Waals surface area contributed by atoms with Crippen LogP contribution in [0.4, 0.5) is 24.0 Å². The summed E-state index contributed by atoms with van der Waals surface area (Å²) in [6.45, 7) is 0. The highest BCUT2D eigenvalue weighted by Crippen LogP contribution is 2.46. The van der Waals surface area contributed by atoms with Gasteiger partial charge in [-0.15, -0.1) is 11.3 Å². The van der Waals surface area contributed by atoms with Crippen LogP contribution in [0.1, 0.15) is 63.6 Å². The summed E-state index contributed by atoms with van der Waals surface area (Å²) in [6, 6.07) is 2.68. The fourth-order valence-electron chi connectivity index (χ4n) is 4.35. The third kappa shape index (κ3) is 3.83. The van der Waals surface area contributed by atoms with Gasteiger partial charge in [0.15, 0.2) is 11.7 Å². The predicted octanol–water partition coefficient (Wildman–Crippen LogP) is 5.96. The topological polar surface area (TPSA) is 95.9 Å². The van der Waals surface area contributed by atoms with Crippen LogP contribution in [0.15, 0.2) is 27.3 Å². The second-order valence-electron chi connectivity index (χ2n) is 7.94. The van der Waals surface area contributed by atoms with Crippen molar-refractivity contribution in [3.63, 3.8) is 0 Å². The van der Waals surface area contributed by atoms with Crippen molar-refractivity contribution in [2.75, 3.05) is 10.6 Å². The van der Waals surface area contributed by atoms with E-state index >= 15 is 0 Å². The molecule has 1 amide bonds. The largest absolute Gasteiger partial charge is 0.467 e. The monoisotopic (exact) mass is 539 g/mol. The van der Waals surface area contributed by atoms with Gasteiger partial charge >= 0.3 is 6.18 Å². The molecule has 2 N–H and O–H groups in total. The highest BCUT2D eigenvalue weighted by molar-refractivity contribution is 9.10. The van der Waals surface area contributed by atoms with Crippen LogP contribution in [-0.4, -0.2) is 21.9 Å². The van der Waals surface area contributed by atoms with Crippen molar-refractivity contribution in [1.82, 2.24) is 9.78 Å². The Bertz CT molecular complexity index is 1260. The molecule has 172 valence electrons. The number of fused-ring (bicyclic) bond motifs is 2. The van der Waals surface area contributed by atoms with E-state index in [1.165, 1.54) is 17.6 Å². The first-order valence-corrected chi connectivity index (χ1v) is 11.9. The normalized spacial score (nSPS) is 19.8. The molecule has 4 heterocycles. The fraction of sp³-hybridized carbons (Fsp3) is 0.381. The van der Waals surface area contributed by atoms with Crippen molar-refractivity contribution in [3.05, 3.63) is 50.3 Å². The average molecular weight is 540 g/mol. The number of furan rings is 1. The van der Waals surface area contributed by atoms with E-state index in [1.807, 2.05) is 0 Å². The number of rotatable bonds is 3. The first-order valence-electron chi connectivity index (χ1n) is 10.3. The Morgan fingerprint density at radius 3 is 2.88 bits per heavy atom. The number of hydrogen-bond donors (Lipinski definition) is 2. The van der Waals surface area contributed by atoms with Crippen molar-refractivity contribution in [2.45, 2.75) is 50.4 Å². The molecule has 0 aromatic carbocycles. The number of carbonyl (C=O) groups is 1. The van der Waals surface area contributed by atoms with Crippen LogP contribution in [0.5, 0.6) is 0 Å². The lowest BCUT2D eigenvalue weighted by Crippen LogP contribution is -2.35. The second-order valence-corrected chi connectivity index (χ2v) is 9.84. The molecule has 0 saturated heterocycles. The summed E-state index contributed by atoms with van der Waals surface area (Å²) < 4.78 is 47.9. The summed E-state index contributed by atoms with van der Waals surface area (Å²) in [5.74, 6) is -0.283. The summed E-state index contributed by atoms with van der Waals surface area (Å²) in [6.07, 6.45) is 0.0968. The van der Waals surface area contributed by atoms with Crippen LogP contribution in [0.25, 0.3) is 0 Å². The molecule has 0 spiro atoms. The van der Waals surface area contributed by atoms with E-state index < -0.39 is 24.2 Å². The van der Waals surface area contributed by atoms with Crippen LogP contribution < -0.4 is 10.6 Å². The number of aryl methyl sites for hydroxylation is 1. The first kappa shape index (κ1) is 22.0. The van der Waals surface area contributed by atoms with E-state index in [1.54, 1.807) is 12.1 Å². The van der Waals surface area contributed by atoms with Crippen molar-refractivity contribution in [1.29, 1.82) is 5.26 Å². The Morgan fingerprint density at radius 1 is 1.39 bits per heavy atom. The molecule has 2 atom stereocenters. The summed E-state index contributed by atoms with van der Waals surface area (Å²) in [5, 5.41) is 19.7. The van der Waals surface area contributed by atoms with Gasteiger partial charge in [-0.25, -0.2) is 4.68 Å². The third-order valence-electron chi connectivity index (χ3n) is 5.91. The Balaban J connectivity index is 1.49. The lowest BCUT2D eigenvalue weighted by Gasteiger charge is -2.32. The van der Waals surface area contributed by atoms with Crippen LogP contribution in [0.3, 0.4) is 0 Å². The van der Waals surface area contributed by atoms with Gasteiger partial charge in [-0.1, -0.05) is 0 Å². The molecule has 2 aliphatic rings. The molecule has 12 heteroatoms. The van der Waals surface area contributed by atoms with Crippen LogP contribution in [0, 0.1) is 11.3 Å². The molecule has 0 bridgehead atoms. The van der Waals surface area contributed by atoms with Gasteiger partial charge in [-0.3, -0.25) is 4.79 Å². The third-order valence-corrected chi connectivity index (χ3v) is 7.87. The van der Waals surface area contributed by atoms with Gasteiger partial charge in [0.1, 0.15) is 22.6 Å². The maximum absolute atomic E-state index is 13.9. The lowest BCUT2D eigenvalue weighted by atomic mass is 9.96. The molecular weight excluding hydrogens is 523 g/mol. The number of nitrogens with one attached hydrogen (secondary N) is 2. The minimum Gasteiger partial charge on any atom is -0.467 e. The van der Waals surface area contributed by atoms with Gasteiger partial charge in [0, 0.05) is 11.3 Å². The number of amides is 1. The number of carbonyl (C=O) groups excluding carboxylic acids is 1. The zero-order valence-corrected chi connectivity index (χ0v) is 19.4. The molecule has 0 radical (unpaired) electrons. The Morgan fingerprint density at radius 2 is 2.18 bits per heavy atom. The van der Waals surface area contributed by atoms with E-state index in [0.29, 0.717) is 16.3 Å². The van der Waals surface area contributed by atoms with Crippen molar-refractivity contribution in [2.24, 2.45) is 0 Å². The highest BCUT2D eigenvalue weighted by Gasteiger charge is 2.48. The zero-order valence-electron chi connectivity index (χ0n) is 17.0. The number of halogens is 4. The van der Waals surface area contributed by atoms with Gasteiger partial charge in [0.2, 0.25) is 0 Å². The number of aromatic nitrogens is 2. The van der Waals surface area contributed by atoms with E-state index in [2.05, 4.69) is 37.7 Å². The SMILES string of the molecule is N#Cc1c(NC(=O)c2nn3c(c2Br)N[C@H](c2ccco2)C[C@@H]3C(F)(F)F)sc2c1CCCC2. The fourth-order valence-corrected chi connectivity index (χ4v) is 6.14. The smallest absolute Gasteiger partial charge is 0.410 e. The summed E-state index contributed by atoms with van der Waals surface area (Å²) in [4.78, 5) is 14.1. The molecule has 1 aliphatic heterocycles. The zero-order chi connectivity index (χ0) is 23.3. The molecule has 3 aromatic rings. The predicted molar refractivity (Wildman–Crippen MR) is 118 cm³/mol. The maximum atomic E-state index is 13.9. The van der Waals surface area contributed by atoms with Crippen molar-refractivity contribution in [3.8, 4) is 6.07 Å².